The van der Waals surface area contributed by atoms with Crippen LogP contribution in [-0.4, -0.2) is 29.9 Å². The second kappa shape index (κ2) is 7.95. The van der Waals surface area contributed by atoms with Crippen LogP contribution in [0.15, 0.2) is 46.9 Å². The Morgan fingerprint density at radius 1 is 1.31 bits per heavy atom. The van der Waals surface area contributed by atoms with Crippen molar-refractivity contribution >= 4 is 28.6 Å². The molecule has 150 valence electrons. The maximum Gasteiger partial charge on any atom is 0.227 e. The van der Waals surface area contributed by atoms with Gasteiger partial charge >= 0.3 is 0 Å². The van der Waals surface area contributed by atoms with E-state index in [4.69, 9.17) is 9.15 Å². The molecular formula is C22H23N3O4. The van der Waals surface area contributed by atoms with Crippen LogP contribution in [0.4, 0.5) is 5.69 Å². The maximum absolute atomic E-state index is 12.6. The number of carbonyl (C=O) groups excluding carboxylic acids is 2. The highest BCUT2D eigenvalue weighted by Gasteiger charge is 2.35. The number of ether oxygens (including phenoxy) is 1. The first-order chi connectivity index (χ1) is 14.0. The molecule has 2 aromatic carbocycles. The van der Waals surface area contributed by atoms with Gasteiger partial charge in [-0.05, 0) is 42.8 Å². The number of benzene rings is 2. The summed E-state index contributed by atoms with van der Waals surface area (Å²) in [6, 6.07) is 13.1. The number of hydrogen-bond acceptors (Lipinski definition) is 5. The first-order valence-corrected chi connectivity index (χ1v) is 9.70. The number of carbonyl (C=O) groups is 2. The summed E-state index contributed by atoms with van der Waals surface area (Å²) in [5.41, 5.74) is 3.07. The number of amides is 2. The number of anilines is 1. The van der Waals surface area contributed by atoms with Gasteiger partial charge in [-0.15, -0.1) is 0 Å². The van der Waals surface area contributed by atoms with Crippen LogP contribution >= 0.6 is 0 Å². The normalized spacial score (nSPS) is 16.4. The van der Waals surface area contributed by atoms with E-state index in [1.807, 2.05) is 43.3 Å². The summed E-state index contributed by atoms with van der Waals surface area (Å²) in [5, 5.41) is 2.94. The van der Waals surface area contributed by atoms with Crippen LogP contribution in [0.25, 0.3) is 11.1 Å². The average Bonchev–Trinajstić information content (AvgIpc) is 3.27. The summed E-state index contributed by atoms with van der Waals surface area (Å²) in [6.07, 6.45) is 0.195. The van der Waals surface area contributed by atoms with Crippen LogP contribution in [0.3, 0.4) is 0 Å². The largest absolute Gasteiger partial charge is 0.494 e. The highest BCUT2D eigenvalue weighted by atomic mass is 16.5. The van der Waals surface area contributed by atoms with E-state index in [2.05, 4.69) is 10.3 Å². The van der Waals surface area contributed by atoms with Gasteiger partial charge in [0.15, 0.2) is 11.5 Å². The SMILES string of the molecule is CCOc1cccc(CNC(=O)[C@H]2CC(=O)N(c3ccc4oc(C)nc4c3)C2)c1. The van der Waals surface area contributed by atoms with E-state index in [-0.39, 0.29) is 24.2 Å². The van der Waals surface area contributed by atoms with Crippen molar-refractivity contribution in [3.8, 4) is 5.75 Å². The van der Waals surface area contributed by atoms with Gasteiger partial charge in [0.2, 0.25) is 11.8 Å². The minimum absolute atomic E-state index is 0.0666. The molecule has 0 spiro atoms. The summed E-state index contributed by atoms with van der Waals surface area (Å²) in [6.45, 7) is 5.06. The lowest BCUT2D eigenvalue weighted by Gasteiger charge is -2.16. The lowest BCUT2D eigenvalue weighted by Crippen LogP contribution is -2.32. The predicted molar refractivity (Wildman–Crippen MR) is 109 cm³/mol. The van der Waals surface area contributed by atoms with Crippen molar-refractivity contribution in [3.63, 3.8) is 0 Å². The Morgan fingerprint density at radius 2 is 2.17 bits per heavy atom. The lowest BCUT2D eigenvalue weighted by molar-refractivity contribution is -0.126. The number of aryl methyl sites for hydroxylation is 1. The van der Waals surface area contributed by atoms with Crippen molar-refractivity contribution < 1.29 is 18.7 Å². The summed E-state index contributed by atoms with van der Waals surface area (Å²) < 4.78 is 11.0. The van der Waals surface area contributed by atoms with Crippen LogP contribution in [0, 0.1) is 12.8 Å². The Morgan fingerprint density at radius 3 is 3.00 bits per heavy atom. The number of hydrogen-bond donors (Lipinski definition) is 1. The minimum atomic E-state index is -0.382. The zero-order chi connectivity index (χ0) is 20.4. The van der Waals surface area contributed by atoms with Crippen molar-refractivity contribution in [1.82, 2.24) is 10.3 Å². The van der Waals surface area contributed by atoms with E-state index in [0.717, 1.165) is 17.0 Å². The molecule has 0 unspecified atom stereocenters. The number of fused-ring (bicyclic) bond motifs is 1. The van der Waals surface area contributed by atoms with Crippen molar-refractivity contribution in [1.29, 1.82) is 0 Å². The van der Waals surface area contributed by atoms with Gasteiger partial charge in [0.1, 0.15) is 11.3 Å². The van der Waals surface area contributed by atoms with Crippen LogP contribution in [0.1, 0.15) is 24.8 Å². The molecule has 1 atom stereocenters. The molecule has 0 aliphatic carbocycles. The maximum atomic E-state index is 12.6. The first-order valence-electron chi connectivity index (χ1n) is 9.70. The topological polar surface area (TPSA) is 84.7 Å². The van der Waals surface area contributed by atoms with Gasteiger partial charge in [0.25, 0.3) is 0 Å². The second-order valence-electron chi connectivity index (χ2n) is 7.09. The number of rotatable bonds is 6. The molecule has 2 amide bonds. The van der Waals surface area contributed by atoms with Crippen molar-refractivity contribution in [3.05, 3.63) is 53.9 Å². The smallest absolute Gasteiger partial charge is 0.227 e. The van der Waals surface area contributed by atoms with Gasteiger partial charge in [-0.25, -0.2) is 4.98 Å². The Balaban J connectivity index is 1.40. The Labute approximate surface area is 168 Å². The molecule has 0 saturated carbocycles. The predicted octanol–water partition coefficient (Wildman–Crippen LogP) is 3.20. The number of nitrogens with one attached hydrogen (secondary N) is 1. The monoisotopic (exact) mass is 393 g/mol. The van der Waals surface area contributed by atoms with Crippen molar-refractivity contribution in [2.75, 3.05) is 18.1 Å². The van der Waals surface area contributed by atoms with Gasteiger partial charge in [-0.1, -0.05) is 12.1 Å². The van der Waals surface area contributed by atoms with E-state index >= 15 is 0 Å². The molecule has 1 N–H and O–H groups in total. The van der Waals surface area contributed by atoms with Crippen LogP contribution in [0.5, 0.6) is 5.75 Å². The zero-order valence-electron chi connectivity index (χ0n) is 16.5. The molecule has 1 aliphatic heterocycles. The van der Waals surface area contributed by atoms with Crippen molar-refractivity contribution in [2.45, 2.75) is 26.8 Å². The fraction of sp³-hybridized carbons (Fsp3) is 0.318. The Kier molecular flexibility index (Phi) is 5.20. The summed E-state index contributed by atoms with van der Waals surface area (Å²) in [4.78, 5) is 31.1. The van der Waals surface area contributed by atoms with Gasteiger partial charge < -0.3 is 19.4 Å². The molecule has 3 aromatic rings. The minimum Gasteiger partial charge on any atom is -0.494 e. The van der Waals surface area contributed by atoms with Crippen LogP contribution < -0.4 is 15.0 Å². The highest BCUT2D eigenvalue weighted by molar-refractivity contribution is 6.01. The van der Waals surface area contributed by atoms with E-state index in [1.165, 1.54) is 0 Å². The zero-order valence-corrected chi connectivity index (χ0v) is 16.5. The molecule has 4 rings (SSSR count). The molecular weight excluding hydrogens is 370 g/mol. The van der Waals surface area contributed by atoms with E-state index in [0.29, 0.717) is 36.7 Å². The third-order valence-electron chi connectivity index (χ3n) is 4.96. The summed E-state index contributed by atoms with van der Waals surface area (Å²) in [7, 11) is 0. The molecule has 7 nitrogen and oxygen atoms in total. The van der Waals surface area contributed by atoms with Gasteiger partial charge in [0, 0.05) is 32.1 Å². The van der Waals surface area contributed by atoms with Gasteiger partial charge in [-0.3, -0.25) is 9.59 Å². The molecule has 1 aliphatic rings. The Hall–Kier alpha value is -3.35. The fourth-order valence-corrected chi connectivity index (χ4v) is 3.58. The first kappa shape index (κ1) is 19.0. The average molecular weight is 393 g/mol. The molecule has 0 radical (unpaired) electrons. The summed E-state index contributed by atoms with van der Waals surface area (Å²) in [5.74, 6) is 0.784. The van der Waals surface area contributed by atoms with Gasteiger partial charge in [-0.2, -0.15) is 0 Å². The lowest BCUT2D eigenvalue weighted by atomic mass is 10.1. The van der Waals surface area contributed by atoms with Crippen LogP contribution in [-0.2, 0) is 16.1 Å². The third kappa shape index (κ3) is 4.08. The number of aromatic nitrogens is 1. The molecule has 7 heteroatoms. The molecule has 1 fully saturated rings. The third-order valence-corrected chi connectivity index (χ3v) is 4.96. The molecule has 1 aromatic heterocycles. The molecule has 2 heterocycles. The Bertz CT molecular complexity index is 1060. The van der Waals surface area contributed by atoms with Crippen molar-refractivity contribution in [2.24, 2.45) is 5.92 Å². The van der Waals surface area contributed by atoms with Crippen LogP contribution in [0.2, 0.25) is 0 Å². The standard InChI is InChI=1S/C22H23N3O4/c1-3-28-18-6-4-5-15(9-18)12-23-22(27)16-10-21(26)25(13-16)17-7-8-20-19(11-17)24-14(2)29-20/h4-9,11,16H,3,10,12-13H2,1-2H3,(H,23,27)/t16-/m0/s1. The fourth-order valence-electron chi connectivity index (χ4n) is 3.58. The summed E-state index contributed by atoms with van der Waals surface area (Å²) >= 11 is 0. The number of oxazole rings is 1. The molecule has 0 bridgehead atoms. The van der Waals surface area contributed by atoms with Gasteiger partial charge in [0.05, 0.1) is 12.5 Å². The van der Waals surface area contributed by atoms with E-state index in [9.17, 15) is 9.59 Å². The van der Waals surface area contributed by atoms with E-state index < -0.39 is 0 Å². The number of nitrogens with zero attached hydrogens (tertiary/aromatic N) is 2. The molecule has 29 heavy (non-hydrogen) atoms. The van der Waals surface area contributed by atoms with E-state index in [1.54, 1.807) is 17.9 Å². The highest BCUT2D eigenvalue weighted by Crippen LogP contribution is 2.28. The molecule has 1 saturated heterocycles. The quantitative estimate of drug-likeness (QED) is 0.695. The second-order valence-corrected chi connectivity index (χ2v) is 7.09.